The van der Waals surface area contributed by atoms with Gasteiger partial charge in [0.1, 0.15) is 0 Å². The van der Waals surface area contributed by atoms with Crippen LogP contribution in [0.5, 0.6) is 0 Å². The Kier molecular flexibility index (Phi) is 2.15. The van der Waals surface area contributed by atoms with Crippen molar-refractivity contribution < 1.29 is 0 Å². The number of fused-ring (bicyclic) bond motifs is 1. The predicted molar refractivity (Wildman–Crippen MR) is 57.3 cm³/mol. The molecule has 0 saturated carbocycles. The van der Waals surface area contributed by atoms with Crippen LogP contribution in [0.3, 0.4) is 0 Å². The molecule has 0 bridgehead atoms. The maximum absolute atomic E-state index is 2.40. The molecular weight excluding hydrogens is 156 g/mol. The van der Waals surface area contributed by atoms with Gasteiger partial charge < -0.3 is 0 Å². The van der Waals surface area contributed by atoms with Crippen LogP contribution >= 0.6 is 0 Å². The van der Waals surface area contributed by atoms with Gasteiger partial charge in [0, 0.05) is 0 Å². The van der Waals surface area contributed by atoms with Gasteiger partial charge in [-0.05, 0) is 54.9 Å². The van der Waals surface area contributed by atoms with E-state index in [9.17, 15) is 0 Å². The van der Waals surface area contributed by atoms with Gasteiger partial charge in [0.15, 0.2) is 0 Å². The van der Waals surface area contributed by atoms with Gasteiger partial charge in [0.2, 0.25) is 0 Å². The van der Waals surface area contributed by atoms with Crippen molar-refractivity contribution in [2.24, 2.45) is 0 Å². The number of hydrogen-bond donors (Lipinski definition) is 0. The summed E-state index contributed by atoms with van der Waals surface area (Å²) < 4.78 is 0. The van der Waals surface area contributed by atoms with Crippen LogP contribution in [0.2, 0.25) is 0 Å². The van der Waals surface area contributed by atoms with Gasteiger partial charge in [-0.2, -0.15) is 0 Å². The van der Waals surface area contributed by atoms with Crippen molar-refractivity contribution in [3.63, 3.8) is 0 Å². The minimum atomic E-state index is 0.874. The van der Waals surface area contributed by atoms with E-state index in [0.29, 0.717) is 0 Å². The fourth-order valence-corrected chi connectivity index (χ4v) is 2.31. The average molecular weight is 174 g/mol. The molecule has 0 saturated heterocycles. The maximum atomic E-state index is 2.40. The quantitative estimate of drug-likeness (QED) is 0.640. The molecule has 0 nitrogen and oxygen atoms in total. The first-order chi connectivity index (χ1) is 6.22. The SMILES string of the molecule is CCC[C@H]1Cc2cc(C)c(C)cc21. The fourth-order valence-electron chi connectivity index (χ4n) is 2.31. The molecule has 0 radical (unpaired) electrons. The molecule has 1 aromatic carbocycles. The highest BCUT2D eigenvalue weighted by atomic mass is 14.3. The minimum Gasteiger partial charge on any atom is -0.0654 e. The first-order valence-corrected chi connectivity index (χ1v) is 5.32. The van der Waals surface area contributed by atoms with Gasteiger partial charge in [-0.25, -0.2) is 0 Å². The molecule has 1 atom stereocenters. The largest absolute Gasteiger partial charge is 0.0654 e. The predicted octanol–water partition coefficient (Wildman–Crippen LogP) is 3.74. The molecule has 0 aliphatic heterocycles. The van der Waals surface area contributed by atoms with Gasteiger partial charge in [-0.3, -0.25) is 0 Å². The lowest BCUT2D eigenvalue weighted by Gasteiger charge is -2.31. The Morgan fingerprint density at radius 1 is 1.23 bits per heavy atom. The Hall–Kier alpha value is -0.780. The second-order valence-corrected chi connectivity index (χ2v) is 4.33. The van der Waals surface area contributed by atoms with Crippen LogP contribution in [-0.4, -0.2) is 0 Å². The van der Waals surface area contributed by atoms with Crippen molar-refractivity contribution >= 4 is 0 Å². The van der Waals surface area contributed by atoms with Crippen LogP contribution in [-0.2, 0) is 6.42 Å². The molecule has 0 unspecified atom stereocenters. The van der Waals surface area contributed by atoms with Gasteiger partial charge in [-0.15, -0.1) is 0 Å². The lowest BCUT2D eigenvalue weighted by molar-refractivity contribution is 0.550. The van der Waals surface area contributed by atoms with E-state index >= 15 is 0 Å². The lowest BCUT2D eigenvalue weighted by atomic mass is 9.74. The summed E-state index contributed by atoms with van der Waals surface area (Å²) in [5, 5.41) is 0. The molecule has 1 aliphatic carbocycles. The maximum Gasteiger partial charge on any atom is -0.0119 e. The Balaban J connectivity index is 2.27. The Morgan fingerprint density at radius 3 is 2.62 bits per heavy atom. The molecule has 2 rings (SSSR count). The van der Waals surface area contributed by atoms with Gasteiger partial charge in [-0.1, -0.05) is 25.5 Å². The minimum absolute atomic E-state index is 0.874. The summed E-state index contributed by atoms with van der Waals surface area (Å²) in [6.45, 7) is 6.71. The summed E-state index contributed by atoms with van der Waals surface area (Å²) in [5.41, 5.74) is 6.14. The molecule has 1 aliphatic rings. The van der Waals surface area contributed by atoms with Crippen LogP contribution in [0, 0.1) is 13.8 Å². The third kappa shape index (κ3) is 1.39. The van der Waals surface area contributed by atoms with Crippen molar-refractivity contribution in [1.29, 1.82) is 0 Å². The third-order valence-electron chi connectivity index (χ3n) is 3.30. The summed E-state index contributed by atoms with van der Waals surface area (Å²) >= 11 is 0. The molecule has 0 amide bonds. The van der Waals surface area contributed by atoms with E-state index in [4.69, 9.17) is 0 Å². The molecule has 0 aromatic heterocycles. The van der Waals surface area contributed by atoms with Gasteiger partial charge in [0.05, 0.1) is 0 Å². The lowest BCUT2D eigenvalue weighted by Crippen LogP contribution is -2.17. The zero-order chi connectivity index (χ0) is 9.42. The molecule has 0 fully saturated rings. The summed E-state index contributed by atoms with van der Waals surface area (Å²) in [6, 6.07) is 4.77. The van der Waals surface area contributed by atoms with Crippen molar-refractivity contribution in [3.05, 3.63) is 34.4 Å². The summed E-state index contributed by atoms with van der Waals surface area (Å²) in [5.74, 6) is 0.874. The van der Waals surface area contributed by atoms with E-state index in [0.717, 1.165) is 5.92 Å². The first-order valence-electron chi connectivity index (χ1n) is 5.32. The standard InChI is InChI=1S/C13H18/c1-4-5-11-8-12-6-9(2)10(3)7-13(11)12/h6-7,11H,4-5,8H2,1-3H3/t11-/m0/s1. The van der Waals surface area contributed by atoms with E-state index in [1.54, 1.807) is 11.1 Å². The molecule has 0 N–H and O–H groups in total. The van der Waals surface area contributed by atoms with E-state index in [1.807, 2.05) is 0 Å². The molecule has 0 heteroatoms. The normalized spacial score (nSPS) is 19.5. The van der Waals surface area contributed by atoms with Crippen molar-refractivity contribution in [2.75, 3.05) is 0 Å². The second-order valence-electron chi connectivity index (χ2n) is 4.33. The Labute approximate surface area is 81.0 Å². The summed E-state index contributed by atoms with van der Waals surface area (Å²) in [6.07, 6.45) is 4.01. The number of hydrogen-bond acceptors (Lipinski definition) is 0. The Morgan fingerprint density at radius 2 is 1.92 bits per heavy atom. The number of rotatable bonds is 2. The highest BCUT2D eigenvalue weighted by Gasteiger charge is 2.25. The van der Waals surface area contributed by atoms with E-state index in [2.05, 4.69) is 32.9 Å². The second kappa shape index (κ2) is 3.17. The molecule has 0 spiro atoms. The van der Waals surface area contributed by atoms with Crippen molar-refractivity contribution in [2.45, 2.75) is 46.0 Å². The molecule has 0 heterocycles. The molecule has 1 aromatic rings. The van der Waals surface area contributed by atoms with E-state index in [1.165, 1.54) is 30.4 Å². The van der Waals surface area contributed by atoms with E-state index in [-0.39, 0.29) is 0 Å². The van der Waals surface area contributed by atoms with Crippen LogP contribution in [0.15, 0.2) is 12.1 Å². The van der Waals surface area contributed by atoms with Crippen LogP contribution < -0.4 is 0 Å². The van der Waals surface area contributed by atoms with Crippen molar-refractivity contribution in [1.82, 2.24) is 0 Å². The smallest absolute Gasteiger partial charge is 0.0119 e. The zero-order valence-corrected chi connectivity index (χ0v) is 8.85. The summed E-state index contributed by atoms with van der Waals surface area (Å²) in [7, 11) is 0. The highest BCUT2D eigenvalue weighted by Crippen LogP contribution is 2.39. The van der Waals surface area contributed by atoms with Crippen molar-refractivity contribution in [3.8, 4) is 0 Å². The van der Waals surface area contributed by atoms with E-state index < -0.39 is 0 Å². The zero-order valence-electron chi connectivity index (χ0n) is 8.85. The van der Waals surface area contributed by atoms with Crippen LogP contribution in [0.25, 0.3) is 0 Å². The molecule has 70 valence electrons. The first kappa shape index (κ1) is 8.80. The fraction of sp³-hybridized carbons (Fsp3) is 0.538. The Bertz CT molecular complexity index is 323. The third-order valence-corrected chi connectivity index (χ3v) is 3.30. The monoisotopic (exact) mass is 174 g/mol. The van der Waals surface area contributed by atoms with Crippen LogP contribution in [0.4, 0.5) is 0 Å². The molecule has 13 heavy (non-hydrogen) atoms. The topological polar surface area (TPSA) is 0 Å². The van der Waals surface area contributed by atoms with Gasteiger partial charge >= 0.3 is 0 Å². The van der Waals surface area contributed by atoms with Gasteiger partial charge in [0.25, 0.3) is 0 Å². The van der Waals surface area contributed by atoms with Crippen LogP contribution in [0.1, 0.15) is 47.9 Å². The number of aryl methyl sites for hydroxylation is 2. The average Bonchev–Trinajstić information content (AvgIpc) is 2.10. The number of benzene rings is 1. The highest BCUT2D eigenvalue weighted by molar-refractivity contribution is 5.45. The molecular formula is C13H18. The summed E-state index contributed by atoms with van der Waals surface area (Å²) in [4.78, 5) is 0.